The van der Waals surface area contributed by atoms with Crippen LogP contribution in [-0.4, -0.2) is 27.2 Å². The second-order valence-corrected chi connectivity index (χ2v) is 3.93. The number of nitrogens with two attached hydrogens (primary N) is 1. The van der Waals surface area contributed by atoms with Gasteiger partial charge in [0.25, 0.3) is 0 Å². The summed E-state index contributed by atoms with van der Waals surface area (Å²) in [5.41, 5.74) is 7.66. The standard InChI is InChI=1S/C11H17N5/c1-3-9(7-12)13-11-14-10-6-8(2)4-5-16(10)15-11/h4-6,9H,3,7,12H2,1-2H3,(H,13,15). The summed E-state index contributed by atoms with van der Waals surface area (Å²) in [6.07, 6.45) is 2.87. The summed E-state index contributed by atoms with van der Waals surface area (Å²) in [5.74, 6) is 0.642. The van der Waals surface area contributed by atoms with Gasteiger partial charge in [-0.15, -0.1) is 5.10 Å². The number of fused-ring (bicyclic) bond motifs is 1. The predicted molar refractivity (Wildman–Crippen MR) is 64.5 cm³/mol. The smallest absolute Gasteiger partial charge is 0.243 e. The molecule has 0 saturated heterocycles. The van der Waals surface area contributed by atoms with Crippen molar-refractivity contribution in [3.8, 4) is 0 Å². The first-order valence-electron chi connectivity index (χ1n) is 5.52. The topological polar surface area (TPSA) is 68.2 Å². The van der Waals surface area contributed by atoms with Crippen LogP contribution in [-0.2, 0) is 0 Å². The van der Waals surface area contributed by atoms with Crippen LogP contribution >= 0.6 is 0 Å². The maximum absolute atomic E-state index is 5.62. The zero-order chi connectivity index (χ0) is 11.5. The molecule has 0 spiro atoms. The molecule has 2 aromatic heterocycles. The normalized spacial score (nSPS) is 12.9. The average Bonchev–Trinajstić information content (AvgIpc) is 2.67. The molecule has 0 aliphatic rings. The molecule has 86 valence electrons. The van der Waals surface area contributed by atoms with Gasteiger partial charge in [0, 0.05) is 18.8 Å². The Kier molecular flexibility index (Phi) is 3.05. The van der Waals surface area contributed by atoms with Gasteiger partial charge >= 0.3 is 0 Å². The number of nitrogens with zero attached hydrogens (tertiary/aromatic N) is 3. The van der Waals surface area contributed by atoms with Gasteiger partial charge in [-0.1, -0.05) is 6.92 Å². The lowest BCUT2D eigenvalue weighted by Crippen LogP contribution is -2.28. The van der Waals surface area contributed by atoms with E-state index in [0.29, 0.717) is 12.5 Å². The Balaban J connectivity index is 2.25. The van der Waals surface area contributed by atoms with Gasteiger partial charge in [-0.25, -0.2) is 4.52 Å². The number of hydrogen-bond acceptors (Lipinski definition) is 4. The fourth-order valence-corrected chi connectivity index (χ4v) is 1.55. The van der Waals surface area contributed by atoms with Gasteiger partial charge in [0.15, 0.2) is 5.65 Å². The van der Waals surface area contributed by atoms with Crippen molar-refractivity contribution in [1.29, 1.82) is 0 Å². The third-order valence-corrected chi connectivity index (χ3v) is 2.60. The van der Waals surface area contributed by atoms with Gasteiger partial charge in [0.2, 0.25) is 5.95 Å². The van der Waals surface area contributed by atoms with E-state index in [2.05, 4.69) is 22.3 Å². The molecule has 0 radical (unpaired) electrons. The monoisotopic (exact) mass is 219 g/mol. The fourth-order valence-electron chi connectivity index (χ4n) is 1.55. The maximum Gasteiger partial charge on any atom is 0.243 e. The first kappa shape index (κ1) is 10.9. The lowest BCUT2D eigenvalue weighted by Gasteiger charge is -2.11. The number of nitrogens with one attached hydrogen (secondary N) is 1. The highest BCUT2D eigenvalue weighted by Gasteiger charge is 2.08. The summed E-state index contributed by atoms with van der Waals surface area (Å²) in [5, 5.41) is 7.55. The zero-order valence-corrected chi connectivity index (χ0v) is 9.64. The van der Waals surface area contributed by atoms with E-state index in [1.807, 2.05) is 25.3 Å². The number of rotatable bonds is 4. The summed E-state index contributed by atoms with van der Waals surface area (Å²) >= 11 is 0. The molecule has 5 nitrogen and oxygen atoms in total. The molecule has 1 unspecified atom stereocenters. The number of aryl methyl sites for hydroxylation is 1. The lowest BCUT2D eigenvalue weighted by molar-refractivity contribution is 0.695. The predicted octanol–water partition coefficient (Wildman–Crippen LogP) is 1.19. The van der Waals surface area contributed by atoms with Crippen molar-refractivity contribution in [1.82, 2.24) is 14.6 Å². The molecule has 2 aromatic rings. The fraction of sp³-hybridized carbons (Fsp3) is 0.455. The molecule has 0 amide bonds. The van der Waals surface area contributed by atoms with Gasteiger partial charge in [0.05, 0.1) is 0 Å². The highest BCUT2D eigenvalue weighted by Crippen LogP contribution is 2.08. The Labute approximate surface area is 94.7 Å². The number of hydrogen-bond donors (Lipinski definition) is 2. The van der Waals surface area contributed by atoms with Crippen molar-refractivity contribution < 1.29 is 0 Å². The Morgan fingerprint density at radius 3 is 3.06 bits per heavy atom. The third kappa shape index (κ3) is 2.14. The minimum atomic E-state index is 0.235. The third-order valence-electron chi connectivity index (χ3n) is 2.60. The van der Waals surface area contributed by atoms with Gasteiger partial charge in [-0.05, 0) is 31.0 Å². The number of anilines is 1. The van der Waals surface area contributed by atoms with Crippen LogP contribution in [0.3, 0.4) is 0 Å². The van der Waals surface area contributed by atoms with Crippen LogP contribution < -0.4 is 11.1 Å². The lowest BCUT2D eigenvalue weighted by atomic mass is 10.2. The molecule has 0 aliphatic carbocycles. The highest BCUT2D eigenvalue weighted by molar-refractivity contribution is 5.45. The van der Waals surface area contributed by atoms with Crippen molar-refractivity contribution in [3.63, 3.8) is 0 Å². The van der Waals surface area contributed by atoms with Gasteiger partial charge < -0.3 is 11.1 Å². The second-order valence-electron chi connectivity index (χ2n) is 3.93. The molecule has 0 bridgehead atoms. The minimum absolute atomic E-state index is 0.235. The molecule has 5 heteroatoms. The summed E-state index contributed by atoms with van der Waals surface area (Å²) in [4.78, 5) is 4.39. The van der Waals surface area contributed by atoms with Crippen LogP contribution in [0.15, 0.2) is 18.3 Å². The minimum Gasteiger partial charge on any atom is -0.349 e. The Morgan fingerprint density at radius 2 is 2.38 bits per heavy atom. The molecule has 0 fully saturated rings. The van der Waals surface area contributed by atoms with Gasteiger partial charge in [-0.2, -0.15) is 4.98 Å². The Hall–Kier alpha value is -1.62. The SMILES string of the molecule is CCC(CN)Nc1nc2cc(C)ccn2n1. The van der Waals surface area contributed by atoms with Crippen LogP contribution in [0, 0.1) is 6.92 Å². The second kappa shape index (κ2) is 4.49. The Morgan fingerprint density at radius 1 is 1.56 bits per heavy atom. The van der Waals surface area contributed by atoms with Crippen molar-refractivity contribution >= 4 is 11.6 Å². The first-order chi connectivity index (χ1) is 7.72. The van der Waals surface area contributed by atoms with Crippen LogP contribution in [0.5, 0.6) is 0 Å². The number of aromatic nitrogens is 3. The highest BCUT2D eigenvalue weighted by atomic mass is 15.3. The largest absolute Gasteiger partial charge is 0.349 e. The molecule has 0 aromatic carbocycles. The van der Waals surface area contributed by atoms with Crippen molar-refractivity contribution in [2.75, 3.05) is 11.9 Å². The molecule has 0 saturated carbocycles. The van der Waals surface area contributed by atoms with Gasteiger partial charge in [-0.3, -0.25) is 0 Å². The van der Waals surface area contributed by atoms with E-state index < -0.39 is 0 Å². The van der Waals surface area contributed by atoms with E-state index in [4.69, 9.17) is 5.73 Å². The van der Waals surface area contributed by atoms with E-state index in [0.717, 1.165) is 12.1 Å². The summed E-state index contributed by atoms with van der Waals surface area (Å²) < 4.78 is 1.76. The van der Waals surface area contributed by atoms with Crippen LogP contribution in [0.2, 0.25) is 0 Å². The molecular weight excluding hydrogens is 202 g/mol. The molecule has 0 aliphatic heterocycles. The van der Waals surface area contributed by atoms with Crippen LogP contribution in [0.1, 0.15) is 18.9 Å². The number of pyridine rings is 1. The molecule has 2 rings (SSSR count). The van der Waals surface area contributed by atoms with E-state index in [9.17, 15) is 0 Å². The Bertz CT molecular complexity index is 472. The maximum atomic E-state index is 5.62. The van der Waals surface area contributed by atoms with Crippen molar-refractivity contribution in [3.05, 3.63) is 23.9 Å². The van der Waals surface area contributed by atoms with E-state index >= 15 is 0 Å². The molecule has 16 heavy (non-hydrogen) atoms. The van der Waals surface area contributed by atoms with E-state index in [1.54, 1.807) is 4.52 Å². The summed E-state index contributed by atoms with van der Waals surface area (Å²) in [6.45, 7) is 4.71. The van der Waals surface area contributed by atoms with Gasteiger partial charge in [0.1, 0.15) is 0 Å². The molecule has 2 heterocycles. The molecule has 3 N–H and O–H groups in total. The quantitative estimate of drug-likeness (QED) is 0.810. The van der Waals surface area contributed by atoms with Crippen LogP contribution in [0.4, 0.5) is 5.95 Å². The average molecular weight is 219 g/mol. The van der Waals surface area contributed by atoms with E-state index in [-0.39, 0.29) is 6.04 Å². The molecule has 1 atom stereocenters. The first-order valence-corrected chi connectivity index (χ1v) is 5.52. The van der Waals surface area contributed by atoms with Crippen molar-refractivity contribution in [2.24, 2.45) is 5.73 Å². The van der Waals surface area contributed by atoms with Crippen LogP contribution in [0.25, 0.3) is 5.65 Å². The molecular formula is C11H17N5. The van der Waals surface area contributed by atoms with Crippen molar-refractivity contribution in [2.45, 2.75) is 26.3 Å². The summed E-state index contributed by atoms with van der Waals surface area (Å²) in [7, 11) is 0. The van der Waals surface area contributed by atoms with E-state index in [1.165, 1.54) is 5.56 Å². The summed E-state index contributed by atoms with van der Waals surface area (Å²) in [6, 6.07) is 4.24. The zero-order valence-electron chi connectivity index (χ0n) is 9.64.